The lowest BCUT2D eigenvalue weighted by Crippen LogP contribution is -2.13. The zero-order chi connectivity index (χ0) is 19.5. The van der Waals surface area contributed by atoms with Gasteiger partial charge in [-0.1, -0.05) is 22.0 Å². The van der Waals surface area contributed by atoms with Gasteiger partial charge in [0.05, 0.1) is 5.69 Å². The highest BCUT2D eigenvalue weighted by Gasteiger charge is 2.18. The summed E-state index contributed by atoms with van der Waals surface area (Å²) >= 11 is 3.39. The molecule has 0 radical (unpaired) electrons. The van der Waals surface area contributed by atoms with Crippen LogP contribution in [0.5, 0.6) is 0 Å². The van der Waals surface area contributed by atoms with Crippen LogP contribution in [0, 0.1) is 6.92 Å². The molecule has 0 fully saturated rings. The monoisotopic (exact) mass is 435 g/mol. The molecule has 0 spiro atoms. The Morgan fingerprint density at radius 1 is 1.14 bits per heavy atom. The Balaban J connectivity index is 1.59. The fourth-order valence-corrected chi connectivity index (χ4v) is 3.31. The van der Waals surface area contributed by atoms with E-state index in [1.54, 1.807) is 18.3 Å². The number of hydrogen-bond acceptors (Lipinski definition) is 5. The second kappa shape index (κ2) is 8.04. The molecule has 1 N–H and O–H groups in total. The molecule has 6 heteroatoms. The number of rotatable bonds is 6. The fourth-order valence-electron chi connectivity index (χ4n) is 3.04. The van der Waals surface area contributed by atoms with Crippen LogP contribution >= 0.6 is 15.9 Å². The molecule has 3 aromatic heterocycles. The molecule has 3 heterocycles. The number of aromatic nitrogens is 2. The molecule has 0 amide bonds. The van der Waals surface area contributed by atoms with Crippen molar-refractivity contribution >= 4 is 32.7 Å². The molecular weight excluding hydrogens is 418 g/mol. The molecule has 0 saturated heterocycles. The highest BCUT2D eigenvalue weighted by molar-refractivity contribution is 9.10. The van der Waals surface area contributed by atoms with Gasteiger partial charge < -0.3 is 9.73 Å². The maximum absolute atomic E-state index is 12.8. The molecule has 0 aliphatic rings. The number of fused-ring (bicyclic) bond motifs is 1. The first-order valence-corrected chi connectivity index (χ1v) is 9.69. The molecule has 4 aromatic rings. The van der Waals surface area contributed by atoms with E-state index in [1.807, 2.05) is 49.6 Å². The maximum Gasteiger partial charge on any atom is 0.228 e. The summed E-state index contributed by atoms with van der Waals surface area (Å²) in [6.45, 7) is 3.20. The number of pyridine rings is 2. The second-order valence-electron chi connectivity index (χ2n) is 6.52. The normalized spacial score (nSPS) is 11.1. The number of aryl methyl sites for hydroxylation is 1. The van der Waals surface area contributed by atoms with Crippen LogP contribution in [0.15, 0.2) is 69.9 Å². The quantitative estimate of drug-likeness (QED) is 0.439. The van der Waals surface area contributed by atoms with E-state index < -0.39 is 0 Å². The van der Waals surface area contributed by atoms with Gasteiger partial charge in [0.2, 0.25) is 5.78 Å². The van der Waals surface area contributed by atoms with Gasteiger partial charge in [-0.3, -0.25) is 14.8 Å². The van der Waals surface area contributed by atoms with Crippen molar-refractivity contribution in [3.63, 3.8) is 0 Å². The third kappa shape index (κ3) is 3.88. The molecule has 5 nitrogen and oxygen atoms in total. The van der Waals surface area contributed by atoms with E-state index in [4.69, 9.17) is 4.42 Å². The van der Waals surface area contributed by atoms with E-state index >= 15 is 0 Å². The number of ketones is 1. The fraction of sp³-hybridized carbons (Fsp3) is 0.136. The van der Waals surface area contributed by atoms with Crippen LogP contribution in [-0.2, 0) is 13.1 Å². The molecule has 0 bridgehead atoms. The Morgan fingerprint density at radius 2 is 1.96 bits per heavy atom. The van der Waals surface area contributed by atoms with Gasteiger partial charge in [0.15, 0.2) is 11.3 Å². The van der Waals surface area contributed by atoms with Gasteiger partial charge in [0.25, 0.3) is 0 Å². The zero-order valence-corrected chi connectivity index (χ0v) is 16.9. The lowest BCUT2D eigenvalue weighted by atomic mass is 10.1. The Morgan fingerprint density at radius 3 is 2.71 bits per heavy atom. The minimum atomic E-state index is -0.141. The van der Waals surface area contributed by atoms with Crippen molar-refractivity contribution in [2.24, 2.45) is 0 Å². The summed E-state index contributed by atoms with van der Waals surface area (Å²) in [5.74, 6) is 0.180. The molecular formula is C22H18BrN3O2. The van der Waals surface area contributed by atoms with E-state index in [1.165, 1.54) is 0 Å². The van der Waals surface area contributed by atoms with E-state index in [9.17, 15) is 4.79 Å². The lowest BCUT2D eigenvalue weighted by molar-refractivity contribution is 0.101. The molecule has 1 aromatic carbocycles. The molecule has 0 saturated carbocycles. The van der Waals surface area contributed by atoms with E-state index in [2.05, 4.69) is 31.2 Å². The summed E-state index contributed by atoms with van der Waals surface area (Å²) in [6, 6.07) is 13.0. The van der Waals surface area contributed by atoms with Crippen molar-refractivity contribution < 1.29 is 9.21 Å². The highest BCUT2D eigenvalue weighted by atomic mass is 79.9. The number of nitrogens with one attached hydrogen (secondary N) is 1. The van der Waals surface area contributed by atoms with Crippen molar-refractivity contribution in [3.05, 3.63) is 93.7 Å². The SMILES string of the molecule is Cc1ncc(CNCc2cccnc2)c2cc(C(=O)c3ccc(Br)cc3)oc12. The van der Waals surface area contributed by atoms with Crippen LogP contribution in [0.25, 0.3) is 11.0 Å². The van der Waals surface area contributed by atoms with Crippen molar-refractivity contribution in [1.82, 2.24) is 15.3 Å². The zero-order valence-electron chi connectivity index (χ0n) is 15.3. The molecule has 0 unspecified atom stereocenters. The van der Waals surface area contributed by atoms with Crippen LogP contribution in [0.3, 0.4) is 0 Å². The van der Waals surface area contributed by atoms with Crippen LogP contribution in [0.2, 0.25) is 0 Å². The Kier molecular flexibility index (Phi) is 5.32. The average molecular weight is 436 g/mol. The van der Waals surface area contributed by atoms with Crippen molar-refractivity contribution in [3.8, 4) is 0 Å². The number of carbonyl (C=O) groups is 1. The number of furan rings is 1. The van der Waals surface area contributed by atoms with Crippen molar-refractivity contribution in [1.29, 1.82) is 0 Å². The standard InChI is InChI=1S/C22H18BrN3O2/c1-14-22-19(9-20(28-22)21(27)16-4-6-18(23)7-5-16)17(13-26-14)12-25-11-15-3-2-8-24-10-15/h2-10,13,25H,11-12H2,1H3. The predicted octanol–water partition coefficient (Wildman–Crippen LogP) is 4.81. The largest absolute Gasteiger partial charge is 0.451 e. The van der Waals surface area contributed by atoms with Gasteiger partial charge in [-0.25, -0.2) is 0 Å². The second-order valence-corrected chi connectivity index (χ2v) is 7.44. The third-order valence-electron chi connectivity index (χ3n) is 4.52. The first-order chi connectivity index (χ1) is 13.6. The smallest absolute Gasteiger partial charge is 0.228 e. The van der Waals surface area contributed by atoms with Gasteiger partial charge in [0, 0.05) is 47.1 Å². The number of nitrogens with zero attached hydrogens (tertiary/aromatic N) is 2. The lowest BCUT2D eigenvalue weighted by Gasteiger charge is -2.06. The Hall–Kier alpha value is -2.83. The summed E-state index contributed by atoms with van der Waals surface area (Å²) in [4.78, 5) is 21.3. The average Bonchev–Trinajstić information content (AvgIpc) is 3.17. The number of benzene rings is 1. The van der Waals surface area contributed by atoms with Gasteiger partial charge >= 0.3 is 0 Å². The molecule has 0 aliphatic heterocycles. The van der Waals surface area contributed by atoms with Crippen molar-refractivity contribution in [2.45, 2.75) is 20.0 Å². The van der Waals surface area contributed by atoms with Gasteiger partial charge in [-0.05, 0) is 54.4 Å². The van der Waals surface area contributed by atoms with E-state index in [0.29, 0.717) is 30.0 Å². The Bertz CT molecular complexity index is 1120. The minimum Gasteiger partial charge on any atom is -0.451 e. The van der Waals surface area contributed by atoms with Crippen LogP contribution in [0.4, 0.5) is 0 Å². The van der Waals surface area contributed by atoms with Crippen LogP contribution in [0.1, 0.15) is 32.9 Å². The molecule has 140 valence electrons. The number of halogens is 1. The summed E-state index contributed by atoms with van der Waals surface area (Å²) < 4.78 is 6.82. The molecule has 0 atom stereocenters. The third-order valence-corrected chi connectivity index (χ3v) is 5.05. The van der Waals surface area contributed by atoms with E-state index in [-0.39, 0.29) is 5.78 Å². The first kappa shape index (κ1) is 18.5. The highest BCUT2D eigenvalue weighted by Crippen LogP contribution is 2.27. The maximum atomic E-state index is 12.8. The topological polar surface area (TPSA) is 68.0 Å². The molecule has 4 rings (SSSR count). The van der Waals surface area contributed by atoms with Crippen LogP contribution < -0.4 is 5.32 Å². The summed E-state index contributed by atoms with van der Waals surface area (Å²) in [5, 5.41) is 4.30. The Labute approximate surface area is 170 Å². The van der Waals surface area contributed by atoms with Crippen molar-refractivity contribution in [2.75, 3.05) is 0 Å². The number of carbonyl (C=O) groups excluding carboxylic acids is 1. The summed E-state index contributed by atoms with van der Waals surface area (Å²) in [7, 11) is 0. The summed E-state index contributed by atoms with van der Waals surface area (Å²) in [6.07, 6.45) is 5.42. The summed E-state index contributed by atoms with van der Waals surface area (Å²) in [5.41, 5.74) is 4.10. The van der Waals surface area contributed by atoms with Crippen LogP contribution in [-0.4, -0.2) is 15.8 Å². The minimum absolute atomic E-state index is 0.141. The van der Waals surface area contributed by atoms with E-state index in [0.717, 1.165) is 26.7 Å². The van der Waals surface area contributed by atoms with Gasteiger partial charge in [-0.15, -0.1) is 0 Å². The van der Waals surface area contributed by atoms with Gasteiger partial charge in [0.1, 0.15) is 0 Å². The molecule has 0 aliphatic carbocycles. The number of hydrogen-bond donors (Lipinski definition) is 1. The molecule has 28 heavy (non-hydrogen) atoms. The van der Waals surface area contributed by atoms with Gasteiger partial charge in [-0.2, -0.15) is 0 Å². The predicted molar refractivity (Wildman–Crippen MR) is 111 cm³/mol. The first-order valence-electron chi connectivity index (χ1n) is 8.90.